The SMILES string of the molecule is Cc1ccc([N+](=O)[O-])cc1C(=O)N[C@@H]1C=C[C@H](CO)C1. The first-order valence-corrected chi connectivity index (χ1v) is 6.36. The highest BCUT2D eigenvalue weighted by molar-refractivity contribution is 5.96. The van der Waals surface area contributed by atoms with Crippen molar-refractivity contribution in [3.05, 3.63) is 51.6 Å². The van der Waals surface area contributed by atoms with Crippen LogP contribution in [0.5, 0.6) is 0 Å². The van der Waals surface area contributed by atoms with Crippen LogP contribution in [-0.2, 0) is 0 Å². The zero-order chi connectivity index (χ0) is 14.7. The molecular formula is C14H16N2O4. The number of hydrogen-bond donors (Lipinski definition) is 2. The summed E-state index contributed by atoms with van der Waals surface area (Å²) in [5.74, 6) is -0.272. The van der Waals surface area contributed by atoms with Crippen LogP contribution in [0, 0.1) is 23.0 Å². The first-order valence-electron chi connectivity index (χ1n) is 6.36. The average molecular weight is 276 g/mol. The minimum Gasteiger partial charge on any atom is -0.396 e. The third-order valence-corrected chi connectivity index (χ3v) is 3.40. The Morgan fingerprint density at radius 2 is 2.25 bits per heavy atom. The lowest BCUT2D eigenvalue weighted by Gasteiger charge is -2.13. The number of nitro benzene ring substituents is 1. The molecule has 0 aliphatic heterocycles. The van der Waals surface area contributed by atoms with Crippen LogP contribution in [-0.4, -0.2) is 28.6 Å². The number of carbonyl (C=O) groups excluding carboxylic acids is 1. The van der Waals surface area contributed by atoms with E-state index in [1.165, 1.54) is 12.1 Å². The molecule has 0 aromatic heterocycles. The van der Waals surface area contributed by atoms with E-state index in [-0.39, 0.29) is 30.2 Å². The molecule has 6 heteroatoms. The van der Waals surface area contributed by atoms with Crippen LogP contribution in [0.4, 0.5) is 5.69 Å². The number of aliphatic hydroxyl groups excluding tert-OH is 1. The molecule has 2 atom stereocenters. The van der Waals surface area contributed by atoms with Crippen molar-refractivity contribution in [2.75, 3.05) is 6.61 Å². The van der Waals surface area contributed by atoms with E-state index in [1.807, 2.05) is 12.2 Å². The third-order valence-electron chi connectivity index (χ3n) is 3.40. The van der Waals surface area contributed by atoms with Crippen LogP contribution >= 0.6 is 0 Å². The summed E-state index contributed by atoms with van der Waals surface area (Å²) in [5, 5.41) is 22.6. The highest BCUT2D eigenvalue weighted by atomic mass is 16.6. The van der Waals surface area contributed by atoms with Gasteiger partial charge in [0.05, 0.1) is 4.92 Å². The molecule has 1 aromatic carbocycles. The number of carbonyl (C=O) groups is 1. The lowest BCUT2D eigenvalue weighted by Crippen LogP contribution is -2.33. The zero-order valence-corrected chi connectivity index (χ0v) is 11.1. The lowest BCUT2D eigenvalue weighted by molar-refractivity contribution is -0.384. The molecule has 1 aromatic rings. The fraction of sp³-hybridized carbons (Fsp3) is 0.357. The molecule has 1 amide bonds. The number of aryl methyl sites for hydroxylation is 1. The van der Waals surface area contributed by atoms with Gasteiger partial charge in [-0.15, -0.1) is 0 Å². The zero-order valence-electron chi connectivity index (χ0n) is 11.1. The number of nitrogens with zero attached hydrogens (tertiary/aromatic N) is 1. The summed E-state index contributed by atoms with van der Waals surface area (Å²) >= 11 is 0. The van der Waals surface area contributed by atoms with Gasteiger partial charge in [-0.2, -0.15) is 0 Å². The van der Waals surface area contributed by atoms with Crippen LogP contribution in [0.15, 0.2) is 30.4 Å². The van der Waals surface area contributed by atoms with Gasteiger partial charge < -0.3 is 10.4 Å². The molecule has 6 nitrogen and oxygen atoms in total. The van der Waals surface area contributed by atoms with Crippen molar-refractivity contribution in [1.29, 1.82) is 0 Å². The molecular weight excluding hydrogens is 260 g/mol. The van der Waals surface area contributed by atoms with Crippen LogP contribution < -0.4 is 5.32 Å². The van der Waals surface area contributed by atoms with E-state index in [1.54, 1.807) is 13.0 Å². The van der Waals surface area contributed by atoms with Gasteiger partial charge in [0, 0.05) is 36.3 Å². The van der Waals surface area contributed by atoms with E-state index >= 15 is 0 Å². The molecule has 2 N–H and O–H groups in total. The fourth-order valence-electron chi connectivity index (χ4n) is 2.23. The third kappa shape index (κ3) is 3.03. The van der Waals surface area contributed by atoms with E-state index in [2.05, 4.69) is 5.32 Å². The highest BCUT2D eigenvalue weighted by Crippen LogP contribution is 2.20. The van der Waals surface area contributed by atoms with E-state index in [4.69, 9.17) is 5.11 Å². The number of nitro groups is 1. The molecule has 1 aliphatic carbocycles. The molecule has 0 saturated carbocycles. The molecule has 0 radical (unpaired) electrons. The lowest BCUT2D eigenvalue weighted by atomic mass is 10.1. The number of hydrogen-bond acceptors (Lipinski definition) is 4. The minimum absolute atomic E-state index is 0.0543. The topological polar surface area (TPSA) is 92.5 Å². The van der Waals surface area contributed by atoms with E-state index in [0.717, 1.165) is 0 Å². The number of nitrogens with one attached hydrogen (secondary N) is 1. The summed E-state index contributed by atoms with van der Waals surface area (Å²) in [6, 6.07) is 4.09. The first-order chi connectivity index (χ1) is 9.51. The van der Waals surface area contributed by atoms with Crippen molar-refractivity contribution in [3.8, 4) is 0 Å². The largest absolute Gasteiger partial charge is 0.396 e. The molecule has 0 heterocycles. The monoisotopic (exact) mass is 276 g/mol. The second-order valence-electron chi connectivity index (χ2n) is 4.90. The van der Waals surface area contributed by atoms with Gasteiger partial charge in [0.1, 0.15) is 0 Å². The molecule has 1 aliphatic rings. The maximum absolute atomic E-state index is 12.2. The molecule has 0 unspecified atom stereocenters. The Morgan fingerprint density at radius 3 is 2.85 bits per heavy atom. The van der Waals surface area contributed by atoms with Gasteiger partial charge in [-0.3, -0.25) is 14.9 Å². The van der Waals surface area contributed by atoms with Crippen LogP contribution in [0.1, 0.15) is 22.3 Å². The normalized spacial score (nSPS) is 20.9. The van der Waals surface area contributed by atoms with Gasteiger partial charge in [-0.05, 0) is 18.9 Å². The molecule has 0 fully saturated rings. The molecule has 106 valence electrons. The summed E-state index contributed by atoms with van der Waals surface area (Å²) in [7, 11) is 0. The van der Waals surface area contributed by atoms with E-state index in [9.17, 15) is 14.9 Å². The number of rotatable bonds is 4. The van der Waals surface area contributed by atoms with Crippen molar-refractivity contribution in [3.63, 3.8) is 0 Å². The summed E-state index contributed by atoms with van der Waals surface area (Å²) < 4.78 is 0. The van der Waals surface area contributed by atoms with Crippen LogP contribution in [0.25, 0.3) is 0 Å². The van der Waals surface area contributed by atoms with E-state index in [0.29, 0.717) is 17.5 Å². The standard InChI is InChI=1S/C14H16N2O4/c1-9-2-5-12(16(19)20)7-13(9)14(18)15-11-4-3-10(6-11)8-17/h2-5,7,10-11,17H,6,8H2,1H3,(H,15,18)/t10-,11+/m0/s1. The summed E-state index contributed by atoms with van der Waals surface area (Å²) in [5.41, 5.74) is 0.893. The first kappa shape index (κ1) is 14.2. The highest BCUT2D eigenvalue weighted by Gasteiger charge is 2.22. The maximum Gasteiger partial charge on any atom is 0.270 e. The predicted molar refractivity (Wildman–Crippen MR) is 73.4 cm³/mol. The van der Waals surface area contributed by atoms with Gasteiger partial charge in [0.25, 0.3) is 11.6 Å². The molecule has 0 spiro atoms. The van der Waals surface area contributed by atoms with Gasteiger partial charge in [-0.1, -0.05) is 18.2 Å². The molecule has 0 bridgehead atoms. The molecule has 2 rings (SSSR count). The van der Waals surface area contributed by atoms with Crippen molar-refractivity contribution in [2.24, 2.45) is 5.92 Å². The second kappa shape index (κ2) is 5.83. The van der Waals surface area contributed by atoms with Gasteiger partial charge in [0.2, 0.25) is 0 Å². The molecule has 0 saturated heterocycles. The van der Waals surface area contributed by atoms with Gasteiger partial charge >= 0.3 is 0 Å². The number of aliphatic hydroxyl groups is 1. The Bertz CT molecular complexity index is 568. The minimum atomic E-state index is -0.520. The Labute approximate surface area is 116 Å². The van der Waals surface area contributed by atoms with Crippen molar-refractivity contribution < 1.29 is 14.8 Å². The van der Waals surface area contributed by atoms with Crippen molar-refractivity contribution in [1.82, 2.24) is 5.32 Å². The number of benzene rings is 1. The Morgan fingerprint density at radius 1 is 1.50 bits per heavy atom. The Hall–Kier alpha value is -2.21. The molecule has 20 heavy (non-hydrogen) atoms. The second-order valence-corrected chi connectivity index (χ2v) is 4.90. The van der Waals surface area contributed by atoms with Gasteiger partial charge in [-0.25, -0.2) is 0 Å². The van der Waals surface area contributed by atoms with Crippen LogP contribution in [0.3, 0.4) is 0 Å². The smallest absolute Gasteiger partial charge is 0.270 e. The summed E-state index contributed by atoms with van der Waals surface area (Å²) in [6.07, 6.45) is 4.35. The summed E-state index contributed by atoms with van der Waals surface area (Å²) in [4.78, 5) is 22.4. The fourth-order valence-corrected chi connectivity index (χ4v) is 2.23. The van der Waals surface area contributed by atoms with Crippen LogP contribution in [0.2, 0.25) is 0 Å². The average Bonchev–Trinajstić information content (AvgIpc) is 2.86. The number of non-ortho nitro benzene ring substituents is 1. The predicted octanol–water partition coefficient (Wildman–Crippen LogP) is 1.57. The van der Waals surface area contributed by atoms with Gasteiger partial charge in [0.15, 0.2) is 0 Å². The summed E-state index contributed by atoms with van der Waals surface area (Å²) in [6.45, 7) is 1.79. The number of amides is 1. The van der Waals surface area contributed by atoms with Crippen molar-refractivity contribution in [2.45, 2.75) is 19.4 Å². The Kier molecular flexibility index (Phi) is 4.14. The maximum atomic E-state index is 12.2. The van der Waals surface area contributed by atoms with Crippen molar-refractivity contribution >= 4 is 11.6 Å². The Balaban J connectivity index is 2.11. The van der Waals surface area contributed by atoms with E-state index < -0.39 is 4.92 Å². The quantitative estimate of drug-likeness (QED) is 0.496.